The molecule has 26 heavy (non-hydrogen) atoms. The lowest BCUT2D eigenvalue weighted by atomic mass is 10.2. The molecule has 134 valence electrons. The van der Waals surface area contributed by atoms with E-state index < -0.39 is 0 Å². The summed E-state index contributed by atoms with van der Waals surface area (Å²) in [6, 6.07) is 15.0. The largest absolute Gasteiger partial charge is 0.356 e. The summed E-state index contributed by atoms with van der Waals surface area (Å²) < 4.78 is 18.5. The number of nitrogens with zero attached hydrogens (tertiary/aromatic N) is 3. The Balaban J connectivity index is 1.29. The third kappa shape index (κ3) is 4.00. The number of aromatic nitrogens is 1. The van der Waals surface area contributed by atoms with Crippen molar-refractivity contribution in [3.05, 3.63) is 71.7 Å². The maximum absolute atomic E-state index is 13.2. The molecule has 0 amide bonds. The highest BCUT2D eigenvalue weighted by atomic mass is 19.1. The van der Waals surface area contributed by atoms with Crippen molar-refractivity contribution in [1.82, 2.24) is 15.0 Å². The maximum Gasteiger partial charge on any atom is 0.170 e. The summed E-state index contributed by atoms with van der Waals surface area (Å²) in [5, 5.41) is 5.03. The maximum atomic E-state index is 13.2. The molecule has 1 aromatic heterocycles. The van der Waals surface area contributed by atoms with E-state index in [4.69, 9.17) is 4.52 Å². The summed E-state index contributed by atoms with van der Waals surface area (Å²) in [6.07, 6.45) is 4.40. The predicted octanol–water partition coefficient (Wildman–Crippen LogP) is 3.80. The van der Waals surface area contributed by atoms with Crippen LogP contribution in [0.2, 0.25) is 0 Å². The zero-order chi connectivity index (χ0) is 17.8. The third-order valence-electron chi connectivity index (χ3n) is 4.82. The van der Waals surface area contributed by atoms with Gasteiger partial charge in [0.15, 0.2) is 5.58 Å². The molecule has 0 atom stereocenters. The van der Waals surface area contributed by atoms with Crippen LogP contribution in [0, 0.1) is 5.82 Å². The molecular weight excluding hydrogens is 329 g/mol. The van der Waals surface area contributed by atoms with Gasteiger partial charge in [0.2, 0.25) is 0 Å². The fourth-order valence-electron chi connectivity index (χ4n) is 3.32. The van der Waals surface area contributed by atoms with Crippen molar-refractivity contribution in [1.29, 1.82) is 0 Å². The van der Waals surface area contributed by atoms with Gasteiger partial charge in [-0.25, -0.2) is 4.39 Å². The fourth-order valence-corrected chi connectivity index (χ4v) is 3.32. The number of piperazine rings is 1. The van der Waals surface area contributed by atoms with Crippen molar-refractivity contribution in [2.45, 2.75) is 6.54 Å². The highest BCUT2D eigenvalue weighted by Crippen LogP contribution is 2.21. The van der Waals surface area contributed by atoms with E-state index in [-0.39, 0.29) is 5.82 Å². The number of fused-ring (bicyclic) bond motifs is 1. The van der Waals surface area contributed by atoms with Crippen LogP contribution in [0.1, 0.15) is 11.3 Å². The normalized spacial score (nSPS) is 16.7. The number of halogens is 1. The lowest BCUT2D eigenvalue weighted by Gasteiger charge is -2.33. The molecule has 2 heterocycles. The Morgan fingerprint density at radius 3 is 2.58 bits per heavy atom. The van der Waals surface area contributed by atoms with Gasteiger partial charge in [0.05, 0.1) is 0 Å². The van der Waals surface area contributed by atoms with Crippen molar-refractivity contribution in [2.75, 3.05) is 32.7 Å². The van der Waals surface area contributed by atoms with Gasteiger partial charge in [0.1, 0.15) is 11.5 Å². The van der Waals surface area contributed by atoms with Crippen molar-refractivity contribution >= 4 is 17.0 Å². The number of rotatable bonds is 5. The first-order chi connectivity index (χ1) is 12.8. The Bertz CT molecular complexity index is 883. The molecular formula is C21H22FN3O. The van der Waals surface area contributed by atoms with Crippen molar-refractivity contribution in [3.63, 3.8) is 0 Å². The average molecular weight is 351 g/mol. The van der Waals surface area contributed by atoms with Gasteiger partial charge in [-0.05, 0) is 17.7 Å². The minimum Gasteiger partial charge on any atom is -0.356 e. The summed E-state index contributed by atoms with van der Waals surface area (Å²) >= 11 is 0. The molecule has 5 heteroatoms. The Kier molecular flexibility index (Phi) is 5.09. The minimum absolute atomic E-state index is 0.294. The quantitative estimate of drug-likeness (QED) is 0.700. The standard InChI is InChI=1S/C21H22FN3O/c22-18-8-9-19-20(23-26-21(19)15-18)16-25-13-11-24(12-14-25)10-4-7-17-5-2-1-3-6-17/h1-9,15H,10-14,16H2/b7-4+. The Morgan fingerprint density at radius 2 is 1.77 bits per heavy atom. The molecule has 1 fully saturated rings. The van der Waals surface area contributed by atoms with E-state index in [1.165, 1.54) is 17.7 Å². The highest BCUT2D eigenvalue weighted by Gasteiger charge is 2.18. The summed E-state index contributed by atoms with van der Waals surface area (Å²) in [4.78, 5) is 4.82. The number of hydrogen-bond donors (Lipinski definition) is 0. The summed E-state index contributed by atoms with van der Waals surface area (Å²) in [5.41, 5.74) is 2.64. The molecule has 0 N–H and O–H groups in total. The van der Waals surface area contributed by atoms with E-state index >= 15 is 0 Å². The van der Waals surface area contributed by atoms with Gasteiger partial charge in [-0.3, -0.25) is 9.80 Å². The Hall–Kier alpha value is -2.50. The molecule has 1 aliphatic heterocycles. The van der Waals surface area contributed by atoms with E-state index in [2.05, 4.69) is 51.4 Å². The van der Waals surface area contributed by atoms with Crippen LogP contribution in [0.3, 0.4) is 0 Å². The molecule has 2 aromatic carbocycles. The highest BCUT2D eigenvalue weighted by molar-refractivity contribution is 5.79. The van der Waals surface area contributed by atoms with Crippen molar-refractivity contribution in [2.24, 2.45) is 0 Å². The monoisotopic (exact) mass is 351 g/mol. The zero-order valence-electron chi connectivity index (χ0n) is 14.6. The van der Waals surface area contributed by atoms with E-state index in [0.29, 0.717) is 5.58 Å². The molecule has 3 aromatic rings. The van der Waals surface area contributed by atoms with E-state index in [0.717, 1.165) is 50.3 Å². The first-order valence-electron chi connectivity index (χ1n) is 8.98. The molecule has 0 aliphatic carbocycles. The number of benzene rings is 2. The molecule has 0 radical (unpaired) electrons. The molecule has 1 aliphatic rings. The molecule has 4 nitrogen and oxygen atoms in total. The van der Waals surface area contributed by atoms with E-state index in [1.807, 2.05) is 6.07 Å². The van der Waals surface area contributed by atoms with Crippen LogP contribution in [0.5, 0.6) is 0 Å². The minimum atomic E-state index is -0.294. The van der Waals surface area contributed by atoms with Crippen LogP contribution in [0.15, 0.2) is 59.1 Å². The summed E-state index contributed by atoms with van der Waals surface area (Å²) in [6.45, 7) is 5.76. The van der Waals surface area contributed by atoms with Crippen LogP contribution < -0.4 is 0 Å². The molecule has 1 saturated heterocycles. The fraction of sp³-hybridized carbons (Fsp3) is 0.286. The Labute approximate surface area is 152 Å². The first-order valence-corrected chi connectivity index (χ1v) is 8.98. The SMILES string of the molecule is Fc1ccc2c(CN3CCN(C/C=C/c4ccccc4)CC3)noc2c1. The zero-order valence-corrected chi connectivity index (χ0v) is 14.6. The van der Waals surface area contributed by atoms with Gasteiger partial charge in [0.25, 0.3) is 0 Å². The van der Waals surface area contributed by atoms with Crippen LogP contribution >= 0.6 is 0 Å². The molecule has 0 saturated carbocycles. The van der Waals surface area contributed by atoms with Gasteiger partial charge in [-0.1, -0.05) is 47.6 Å². The van der Waals surface area contributed by atoms with Gasteiger partial charge in [-0.15, -0.1) is 0 Å². The van der Waals surface area contributed by atoms with Crippen LogP contribution in [-0.2, 0) is 6.54 Å². The number of hydrogen-bond acceptors (Lipinski definition) is 4. The smallest absolute Gasteiger partial charge is 0.170 e. The topological polar surface area (TPSA) is 32.5 Å². The van der Waals surface area contributed by atoms with Gasteiger partial charge in [0, 0.05) is 50.7 Å². The van der Waals surface area contributed by atoms with Crippen molar-refractivity contribution in [3.8, 4) is 0 Å². The van der Waals surface area contributed by atoms with Crippen LogP contribution in [0.4, 0.5) is 4.39 Å². The van der Waals surface area contributed by atoms with Gasteiger partial charge in [-0.2, -0.15) is 0 Å². The summed E-state index contributed by atoms with van der Waals surface area (Å²) in [7, 11) is 0. The van der Waals surface area contributed by atoms with Crippen molar-refractivity contribution < 1.29 is 8.91 Å². The second kappa shape index (κ2) is 7.81. The first kappa shape index (κ1) is 16.9. The van der Waals surface area contributed by atoms with E-state index in [9.17, 15) is 4.39 Å². The van der Waals surface area contributed by atoms with E-state index in [1.54, 1.807) is 6.07 Å². The molecule has 0 unspecified atom stereocenters. The van der Waals surface area contributed by atoms with Crippen LogP contribution in [-0.4, -0.2) is 47.7 Å². The lowest BCUT2D eigenvalue weighted by molar-refractivity contribution is 0.135. The molecule has 4 rings (SSSR count). The molecule has 0 spiro atoms. The Morgan fingerprint density at radius 1 is 1.00 bits per heavy atom. The second-order valence-electron chi connectivity index (χ2n) is 6.66. The third-order valence-corrected chi connectivity index (χ3v) is 4.82. The van der Waals surface area contributed by atoms with Crippen LogP contribution in [0.25, 0.3) is 17.0 Å². The van der Waals surface area contributed by atoms with Gasteiger partial charge < -0.3 is 4.52 Å². The lowest BCUT2D eigenvalue weighted by Crippen LogP contribution is -2.45. The van der Waals surface area contributed by atoms with Gasteiger partial charge >= 0.3 is 0 Å². The second-order valence-corrected chi connectivity index (χ2v) is 6.66. The summed E-state index contributed by atoms with van der Waals surface area (Å²) in [5.74, 6) is -0.294. The molecule has 0 bridgehead atoms. The predicted molar refractivity (Wildman–Crippen MR) is 101 cm³/mol. The average Bonchev–Trinajstić information content (AvgIpc) is 3.06.